The Labute approximate surface area is 155 Å². The van der Waals surface area contributed by atoms with E-state index in [0.717, 1.165) is 17.7 Å². The van der Waals surface area contributed by atoms with Gasteiger partial charge in [0, 0.05) is 25.2 Å². The number of carbonyl (C=O) groups is 2. The zero-order valence-electron chi connectivity index (χ0n) is 14.9. The van der Waals surface area contributed by atoms with Crippen LogP contribution in [0.3, 0.4) is 0 Å². The topological polar surface area (TPSA) is 49.4 Å². The average Bonchev–Trinajstić information content (AvgIpc) is 2.91. The van der Waals surface area contributed by atoms with Gasteiger partial charge in [0.1, 0.15) is 5.92 Å². The normalized spacial score (nSPS) is 20.0. The molecule has 1 aliphatic rings. The molecule has 27 heavy (non-hydrogen) atoms. The molecule has 3 rings (SSSR count). The van der Waals surface area contributed by atoms with Crippen molar-refractivity contribution < 1.29 is 22.8 Å². The molecule has 0 aromatic heterocycles. The molecule has 0 unspecified atom stereocenters. The molecule has 0 saturated carbocycles. The van der Waals surface area contributed by atoms with Gasteiger partial charge in [-0.2, -0.15) is 13.2 Å². The second kappa shape index (κ2) is 7.06. The van der Waals surface area contributed by atoms with Crippen molar-refractivity contribution >= 4 is 17.5 Å². The number of nitrogens with one attached hydrogen (secondary N) is 1. The zero-order chi connectivity index (χ0) is 19.8. The molecule has 2 atom stereocenters. The zero-order valence-corrected chi connectivity index (χ0v) is 14.9. The Morgan fingerprint density at radius 3 is 2.33 bits per heavy atom. The highest BCUT2D eigenvalue weighted by Gasteiger charge is 2.44. The molecule has 1 heterocycles. The Balaban J connectivity index is 1.87. The summed E-state index contributed by atoms with van der Waals surface area (Å²) in [7, 11) is 1.58. The fourth-order valence-corrected chi connectivity index (χ4v) is 3.34. The van der Waals surface area contributed by atoms with Crippen LogP contribution in [0.4, 0.5) is 18.9 Å². The molecule has 7 heteroatoms. The third-order valence-corrected chi connectivity index (χ3v) is 4.87. The van der Waals surface area contributed by atoms with Gasteiger partial charge in [-0.25, -0.2) is 0 Å². The third-order valence-electron chi connectivity index (χ3n) is 4.87. The largest absolute Gasteiger partial charge is 0.416 e. The van der Waals surface area contributed by atoms with E-state index in [9.17, 15) is 22.8 Å². The van der Waals surface area contributed by atoms with Gasteiger partial charge in [-0.05, 0) is 36.2 Å². The lowest BCUT2D eigenvalue weighted by atomic mass is 9.87. The van der Waals surface area contributed by atoms with Gasteiger partial charge in [0.25, 0.3) is 0 Å². The van der Waals surface area contributed by atoms with Crippen LogP contribution in [0.25, 0.3) is 0 Å². The van der Waals surface area contributed by atoms with E-state index in [0.29, 0.717) is 11.3 Å². The van der Waals surface area contributed by atoms with Crippen molar-refractivity contribution in [3.63, 3.8) is 0 Å². The minimum absolute atomic E-state index is 0.274. The van der Waals surface area contributed by atoms with E-state index in [1.165, 1.54) is 17.0 Å². The monoisotopic (exact) mass is 376 g/mol. The van der Waals surface area contributed by atoms with Crippen molar-refractivity contribution in [2.24, 2.45) is 5.92 Å². The molecule has 2 aromatic rings. The van der Waals surface area contributed by atoms with Gasteiger partial charge >= 0.3 is 6.18 Å². The van der Waals surface area contributed by atoms with Gasteiger partial charge in [-0.15, -0.1) is 0 Å². The molecular weight excluding hydrogens is 357 g/mol. The summed E-state index contributed by atoms with van der Waals surface area (Å²) >= 11 is 0. The Morgan fingerprint density at radius 2 is 1.74 bits per heavy atom. The van der Waals surface area contributed by atoms with Gasteiger partial charge in [0.15, 0.2) is 0 Å². The van der Waals surface area contributed by atoms with Crippen LogP contribution < -0.4 is 5.32 Å². The summed E-state index contributed by atoms with van der Waals surface area (Å²) in [5.41, 5.74) is 1.24. The van der Waals surface area contributed by atoms with Crippen LogP contribution in [0, 0.1) is 12.8 Å². The molecule has 0 radical (unpaired) electrons. The van der Waals surface area contributed by atoms with Crippen LogP contribution in [0.15, 0.2) is 48.5 Å². The molecule has 1 fully saturated rings. The lowest BCUT2D eigenvalue weighted by Gasteiger charge is -2.18. The molecule has 0 aliphatic carbocycles. The number of likely N-dealkylation sites (tertiary alicyclic amines) is 1. The molecule has 0 bridgehead atoms. The third kappa shape index (κ3) is 3.82. The summed E-state index contributed by atoms with van der Waals surface area (Å²) < 4.78 is 38.3. The number of carbonyl (C=O) groups excluding carboxylic acids is 2. The van der Waals surface area contributed by atoms with Gasteiger partial charge in [0.2, 0.25) is 11.8 Å². The maximum absolute atomic E-state index is 12.8. The van der Waals surface area contributed by atoms with E-state index in [1.807, 2.05) is 19.1 Å². The first-order chi connectivity index (χ1) is 12.7. The van der Waals surface area contributed by atoms with E-state index >= 15 is 0 Å². The van der Waals surface area contributed by atoms with E-state index in [1.54, 1.807) is 19.2 Å². The highest BCUT2D eigenvalue weighted by atomic mass is 19.4. The Morgan fingerprint density at radius 1 is 1.11 bits per heavy atom. The number of para-hydroxylation sites is 1. The van der Waals surface area contributed by atoms with Crippen molar-refractivity contribution in [2.75, 3.05) is 18.9 Å². The van der Waals surface area contributed by atoms with Crippen molar-refractivity contribution in [3.05, 3.63) is 65.2 Å². The first-order valence-electron chi connectivity index (χ1n) is 8.47. The predicted octanol–water partition coefficient (Wildman–Crippen LogP) is 3.82. The van der Waals surface area contributed by atoms with Crippen LogP contribution in [0.2, 0.25) is 0 Å². The molecule has 142 valence electrons. The molecule has 2 aromatic carbocycles. The van der Waals surface area contributed by atoms with Crippen LogP contribution in [0.1, 0.15) is 22.6 Å². The van der Waals surface area contributed by atoms with Crippen molar-refractivity contribution in [3.8, 4) is 0 Å². The van der Waals surface area contributed by atoms with E-state index < -0.39 is 29.5 Å². The minimum Gasteiger partial charge on any atom is -0.344 e. The second-order valence-corrected chi connectivity index (χ2v) is 6.73. The summed E-state index contributed by atoms with van der Waals surface area (Å²) in [6, 6.07) is 11.8. The quantitative estimate of drug-likeness (QED) is 0.828. The molecule has 0 spiro atoms. The smallest absolute Gasteiger partial charge is 0.344 e. The number of aryl methyl sites for hydroxylation is 1. The Kier molecular flexibility index (Phi) is 4.95. The number of rotatable bonds is 3. The minimum atomic E-state index is -4.43. The number of likely N-dealkylation sites (N-methyl/N-ethyl adjacent to an activating group) is 1. The maximum Gasteiger partial charge on any atom is 0.416 e. The van der Waals surface area contributed by atoms with Gasteiger partial charge < -0.3 is 10.2 Å². The number of alkyl halides is 3. The summed E-state index contributed by atoms with van der Waals surface area (Å²) in [4.78, 5) is 26.7. The molecule has 2 amide bonds. The fourth-order valence-electron chi connectivity index (χ4n) is 3.34. The van der Waals surface area contributed by atoms with Crippen LogP contribution >= 0.6 is 0 Å². The van der Waals surface area contributed by atoms with Crippen LogP contribution in [-0.4, -0.2) is 30.3 Å². The van der Waals surface area contributed by atoms with Crippen molar-refractivity contribution in [2.45, 2.75) is 19.0 Å². The molecule has 1 aliphatic heterocycles. The predicted molar refractivity (Wildman–Crippen MR) is 95.1 cm³/mol. The van der Waals surface area contributed by atoms with Gasteiger partial charge in [-0.1, -0.05) is 30.3 Å². The van der Waals surface area contributed by atoms with E-state index in [4.69, 9.17) is 0 Å². The lowest BCUT2D eigenvalue weighted by molar-refractivity contribution is -0.138. The number of anilines is 1. The van der Waals surface area contributed by atoms with Gasteiger partial charge in [-0.3, -0.25) is 9.59 Å². The SMILES string of the molecule is Cc1ccccc1NC(=O)[C@H]1C(=O)N(C)C[C@@H]1c1ccc(C(F)(F)F)cc1. The van der Waals surface area contributed by atoms with Gasteiger partial charge in [0.05, 0.1) is 5.56 Å². The Bertz CT molecular complexity index is 862. The number of benzene rings is 2. The van der Waals surface area contributed by atoms with Crippen LogP contribution in [0.5, 0.6) is 0 Å². The van der Waals surface area contributed by atoms with E-state index in [-0.39, 0.29) is 12.5 Å². The van der Waals surface area contributed by atoms with E-state index in [2.05, 4.69) is 5.32 Å². The lowest BCUT2D eigenvalue weighted by Crippen LogP contribution is -2.32. The molecule has 1 N–H and O–H groups in total. The number of hydrogen-bond donors (Lipinski definition) is 1. The average molecular weight is 376 g/mol. The van der Waals surface area contributed by atoms with Crippen molar-refractivity contribution in [1.82, 2.24) is 4.90 Å². The second-order valence-electron chi connectivity index (χ2n) is 6.73. The van der Waals surface area contributed by atoms with Crippen LogP contribution in [-0.2, 0) is 15.8 Å². The highest BCUT2D eigenvalue weighted by Crippen LogP contribution is 2.36. The number of nitrogens with zero attached hydrogens (tertiary/aromatic N) is 1. The standard InChI is InChI=1S/C20H19F3N2O2/c1-12-5-3-4-6-16(12)24-18(26)17-15(11-25(2)19(17)27)13-7-9-14(10-8-13)20(21,22)23/h3-10,15,17H,11H2,1-2H3,(H,24,26)/t15-,17+/m1/s1. The molecule has 1 saturated heterocycles. The molecule has 4 nitrogen and oxygen atoms in total. The maximum atomic E-state index is 12.8. The summed E-state index contributed by atoms with van der Waals surface area (Å²) in [5, 5.41) is 2.77. The fraction of sp³-hybridized carbons (Fsp3) is 0.300. The first kappa shape index (κ1) is 18.9. The first-order valence-corrected chi connectivity index (χ1v) is 8.47. The summed E-state index contributed by atoms with van der Waals surface area (Å²) in [5.74, 6) is -2.28. The Hall–Kier alpha value is -2.83. The number of halogens is 3. The number of amides is 2. The number of hydrogen-bond acceptors (Lipinski definition) is 2. The highest BCUT2D eigenvalue weighted by molar-refractivity contribution is 6.08. The molecular formula is C20H19F3N2O2. The summed E-state index contributed by atoms with van der Waals surface area (Å²) in [6.45, 7) is 2.11. The van der Waals surface area contributed by atoms with Crippen molar-refractivity contribution in [1.29, 1.82) is 0 Å². The summed E-state index contributed by atoms with van der Waals surface area (Å²) in [6.07, 6.45) is -4.43.